The van der Waals surface area contributed by atoms with Crippen LogP contribution < -0.4 is 9.47 Å². The lowest BCUT2D eigenvalue weighted by Crippen LogP contribution is -2.01. The molecule has 0 bridgehead atoms. The predicted molar refractivity (Wildman–Crippen MR) is 81.9 cm³/mol. The van der Waals surface area contributed by atoms with Crippen LogP contribution in [0.15, 0.2) is 41.0 Å². The van der Waals surface area contributed by atoms with Crippen molar-refractivity contribution in [2.75, 3.05) is 7.11 Å². The van der Waals surface area contributed by atoms with Gasteiger partial charge < -0.3 is 9.47 Å². The van der Waals surface area contributed by atoms with E-state index in [2.05, 4.69) is 36.8 Å². The Morgan fingerprint density at radius 2 is 2.05 bits per heavy atom. The molecular formula is C14H13Br2NO2. The quantitative estimate of drug-likeness (QED) is 0.716. The van der Waals surface area contributed by atoms with E-state index in [9.17, 15) is 0 Å². The average Bonchev–Trinajstić information content (AvgIpc) is 2.46. The molecule has 0 amide bonds. The number of hydrogen-bond donors (Lipinski definition) is 0. The van der Waals surface area contributed by atoms with Gasteiger partial charge in [-0.25, -0.2) is 4.98 Å². The van der Waals surface area contributed by atoms with E-state index in [0.29, 0.717) is 12.5 Å². The number of halogens is 2. The van der Waals surface area contributed by atoms with Gasteiger partial charge in [0.1, 0.15) is 12.4 Å². The fraction of sp³-hybridized carbons (Fsp3) is 0.214. The number of ether oxygens (including phenoxy) is 2. The lowest BCUT2D eigenvalue weighted by Gasteiger charge is -2.12. The lowest BCUT2D eigenvalue weighted by molar-refractivity contribution is 0.292. The van der Waals surface area contributed by atoms with Crippen LogP contribution in [0.4, 0.5) is 0 Å². The molecule has 19 heavy (non-hydrogen) atoms. The summed E-state index contributed by atoms with van der Waals surface area (Å²) >= 11 is 6.91. The predicted octanol–water partition coefficient (Wildman–Crippen LogP) is 4.33. The minimum Gasteiger partial charge on any atom is -0.488 e. The van der Waals surface area contributed by atoms with E-state index in [1.165, 1.54) is 0 Å². The first-order valence-electron chi connectivity index (χ1n) is 5.69. The molecule has 100 valence electrons. The first kappa shape index (κ1) is 14.3. The number of alkyl halides is 1. The molecule has 2 rings (SSSR count). The number of hydrogen-bond acceptors (Lipinski definition) is 3. The molecule has 5 heteroatoms. The molecule has 1 heterocycles. The molecule has 0 radical (unpaired) electrons. The van der Waals surface area contributed by atoms with Gasteiger partial charge in [0.05, 0.1) is 12.7 Å². The van der Waals surface area contributed by atoms with E-state index in [0.717, 1.165) is 26.7 Å². The first-order chi connectivity index (χ1) is 9.24. The molecule has 0 atom stereocenters. The topological polar surface area (TPSA) is 31.4 Å². The fourth-order valence-electron chi connectivity index (χ4n) is 1.67. The van der Waals surface area contributed by atoms with Gasteiger partial charge in [-0.3, -0.25) is 0 Å². The second kappa shape index (κ2) is 6.91. The third-order valence-electron chi connectivity index (χ3n) is 2.59. The summed E-state index contributed by atoms with van der Waals surface area (Å²) in [6, 6.07) is 9.75. The van der Waals surface area contributed by atoms with Gasteiger partial charge in [-0.2, -0.15) is 0 Å². The van der Waals surface area contributed by atoms with Crippen molar-refractivity contribution in [2.24, 2.45) is 0 Å². The first-order valence-corrected chi connectivity index (χ1v) is 7.61. The number of methoxy groups -OCH3 is 1. The Kier molecular flexibility index (Phi) is 5.22. The van der Waals surface area contributed by atoms with E-state index < -0.39 is 0 Å². The van der Waals surface area contributed by atoms with Gasteiger partial charge in [-0.15, -0.1) is 0 Å². The van der Waals surface area contributed by atoms with Crippen LogP contribution in [0.2, 0.25) is 0 Å². The Labute approximate surface area is 129 Å². The highest BCUT2D eigenvalue weighted by Gasteiger charge is 2.07. The molecule has 0 fully saturated rings. The zero-order valence-corrected chi connectivity index (χ0v) is 13.6. The molecule has 0 unspecified atom stereocenters. The summed E-state index contributed by atoms with van der Waals surface area (Å²) in [5, 5.41) is 0.742. The minimum absolute atomic E-state index is 0.429. The Balaban J connectivity index is 2.14. The van der Waals surface area contributed by atoms with Gasteiger partial charge >= 0.3 is 0 Å². The van der Waals surface area contributed by atoms with Gasteiger partial charge in [-0.1, -0.05) is 31.9 Å². The van der Waals surface area contributed by atoms with Crippen molar-refractivity contribution in [3.8, 4) is 11.6 Å². The molecule has 0 aliphatic rings. The molecule has 0 saturated carbocycles. The maximum atomic E-state index is 5.84. The monoisotopic (exact) mass is 385 g/mol. The molecule has 0 spiro atoms. The van der Waals surface area contributed by atoms with Crippen molar-refractivity contribution in [3.63, 3.8) is 0 Å². The second-order valence-corrected chi connectivity index (χ2v) is 5.32. The molecule has 0 aliphatic carbocycles. The van der Waals surface area contributed by atoms with Gasteiger partial charge in [0, 0.05) is 21.6 Å². The maximum absolute atomic E-state index is 5.84. The molecule has 1 aromatic heterocycles. The molecule has 3 nitrogen and oxygen atoms in total. The number of nitrogens with zero attached hydrogens (tertiary/aromatic N) is 1. The van der Waals surface area contributed by atoms with E-state index in [-0.39, 0.29) is 0 Å². The van der Waals surface area contributed by atoms with Crippen molar-refractivity contribution in [1.82, 2.24) is 4.98 Å². The summed E-state index contributed by atoms with van der Waals surface area (Å²) in [5.74, 6) is 1.45. The van der Waals surface area contributed by atoms with Crippen LogP contribution in [0.5, 0.6) is 11.6 Å². The number of pyridine rings is 1. The third-order valence-corrected chi connectivity index (χ3v) is 3.69. The maximum Gasteiger partial charge on any atom is 0.219 e. The van der Waals surface area contributed by atoms with Crippen LogP contribution >= 0.6 is 31.9 Å². The number of benzene rings is 1. The molecule has 0 N–H and O–H groups in total. The average molecular weight is 387 g/mol. The second-order valence-electron chi connectivity index (χ2n) is 3.85. The summed E-state index contributed by atoms with van der Waals surface area (Å²) in [6.07, 6.45) is 1.70. The zero-order valence-electron chi connectivity index (χ0n) is 10.4. The highest BCUT2D eigenvalue weighted by molar-refractivity contribution is 9.10. The summed E-state index contributed by atoms with van der Waals surface area (Å²) < 4.78 is 12.1. The molecule has 2 aromatic rings. The number of aromatic nitrogens is 1. The van der Waals surface area contributed by atoms with Crippen LogP contribution in [-0.4, -0.2) is 12.1 Å². The fourth-order valence-corrected chi connectivity index (χ4v) is 2.51. The Bertz CT molecular complexity index is 561. The van der Waals surface area contributed by atoms with E-state index in [1.807, 2.05) is 30.3 Å². The summed E-state index contributed by atoms with van der Waals surface area (Å²) in [5.41, 5.74) is 2.02. The van der Waals surface area contributed by atoms with Crippen molar-refractivity contribution in [3.05, 3.63) is 52.1 Å². The van der Waals surface area contributed by atoms with Crippen LogP contribution in [-0.2, 0) is 11.9 Å². The van der Waals surface area contributed by atoms with E-state index >= 15 is 0 Å². The summed E-state index contributed by atoms with van der Waals surface area (Å²) in [6.45, 7) is 0.429. The van der Waals surface area contributed by atoms with Gasteiger partial charge in [0.2, 0.25) is 5.88 Å². The van der Waals surface area contributed by atoms with Crippen molar-refractivity contribution < 1.29 is 9.47 Å². The summed E-state index contributed by atoms with van der Waals surface area (Å²) in [7, 11) is 1.61. The van der Waals surface area contributed by atoms with Crippen molar-refractivity contribution >= 4 is 31.9 Å². The molecule has 0 saturated heterocycles. The Hall–Kier alpha value is -1.07. The van der Waals surface area contributed by atoms with Crippen LogP contribution in [0.1, 0.15) is 11.1 Å². The summed E-state index contributed by atoms with van der Waals surface area (Å²) in [4.78, 5) is 4.15. The van der Waals surface area contributed by atoms with E-state index in [4.69, 9.17) is 9.47 Å². The van der Waals surface area contributed by atoms with E-state index in [1.54, 1.807) is 13.3 Å². The van der Waals surface area contributed by atoms with Crippen LogP contribution in [0, 0.1) is 0 Å². The standard InChI is InChI=1S/C14H13Br2NO2/c1-18-14-10(3-2-6-17-14)9-19-13-5-4-12(16)7-11(13)8-15/h2-7H,8-9H2,1H3. The highest BCUT2D eigenvalue weighted by atomic mass is 79.9. The Morgan fingerprint density at radius 1 is 1.21 bits per heavy atom. The molecule has 0 aliphatic heterocycles. The Morgan fingerprint density at radius 3 is 2.79 bits per heavy atom. The largest absolute Gasteiger partial charge is 0.488 e. The third kappa shape index (κ3) is 3.70. The normalized spacial score (nSPS) is 10.3. The highest BCUT2D eigenvalue weighted by Crippen LogP contribution is 2.26. The van der Waals surface area contributed by atoms with Crippen molar-refractivity contribution in [2.45, 2.75) is 11.9 Å². The molecule has 1 aromatic carbocycles. The zero-order chi connectivity index (χ0) is 13.7. The van der Waals surface area contributed by atoms with Gasteiger partial charge in [0.15, 0.2) is 0 Å². The minimum atomic E-state index is 0.429. The smallest absolute Gasteiger partial charge is 0.219 e. The van der Waals surface area contributed by atoms with Crippen molar-refractivity contribution in [1.29, 1.82) is 0 Å². The van der Waals surface area contributed by atoms with Gasteiger partial charge in [0.25, 0.3) is 0 Å². The molecular weight excluding hydrogens is 374 g/mol. The lowest BCUT2D eigenvalue weighted by atomic mass is 10.2. The SMILES string of the molecule is COc1ncccc1COc1ccc(Br)cc1CBr. The van der Waals surface area contributed by atoms with Gasteiger partial charge in [-0.05, 0) is 30.3 Å². The number of rotatable bonds is 5. The van der Waals surface area contributed by atoms with Crippen LogP contribution in [0.25, 0.3) is 0 Å². The van der Waals surface area contributed by atoms with Crippen LogP contribution in [0.3, 0.4) is 0 Å².